The van der Waals surface area contributed by atoms with Crippen molar-refractivity contribution in [2.45, 2.75) is 19.3 Å². The molecule has 0 amide bonds. The molecular formula is C11H14FNO2. The largest absolute Gasteiger partial charge is 0.504 e. The van der Waals surface area contributed by atoms with Crippen molar-refractivity contribution in [2.24, 2.45) is 0 Å². The minimum atomic E-state index is -0.479. The number of hydrogen-bond acceptors (Lipinski definition) is 3. The number of benzene rings is 1. The SMILES string of the molecule is Oc1cc(F)c(N2CCCCC2)cc1O. The monoisotopic (exact) mass is 211 g/mol. The Hall–Kier alpha value is -1.45. The van der Waals surface area contributed by atoms with Gasteiger partial charge in [0.15, 0.2) is 11.5 Å². The molecule has 0 radical (unpaired) electrons. The predicted octanol–water partition coefficient (Wildman–Crippen LogP) is 2.23. The van der Waals surface area contributed by atoms with Crippen molar-refractivity contribution in [1.82, 2.24) is 0 Å². The average molecular weight is 211 g/mol. The molecule has 0 saturated carbocycles. The summed E-state index contributed by atoms with van der Waals surface area (Å²) in [7, 11) is 0. The summed E-state index contributed by atoms with van der Waals surface area (Å²) < 4.78 is 13.5. The number of anilines is 1. The highest BCUT2D eigenvalue weighted by Gasteiger charge is 2.16. The van der Waals surface area contributed by atoms with Gasteiger partial charge in [-0.25, -0.2) is 4.39 Å². The molecule has 0 bridgehead atoms. The van der Waals surface area contributed by atoms with Gasteiger partial charge < -0.3 is 15.1 Å². The van der Waals surface area contributed by atoms with Crippen LogP contribution in [0.2, 0.25) is 0 Å². The molecule has 1 aromatic rings. The fraction of sp³-hybridized carbons (Fsp3) is 0.455. The molecule has 1 aromatic carbocycles. The molecule has 1 fully saturated rings. The normalized spacial score (nSPS) is 16.7. The van der Waals surface area contributed by atoms with E-state index < -0.39 is 11.6 Å². The second-order valence-corrected chi connectivity index (χ2v) is 3.84. The lowest BCUT2D eigenvalue weighted by atomic mass is 10.1. The molecule has 0 spiro atoms. The van der Waals surface area contributed by atoms with E-state index in [-0.39, 0.29) is 5.75 Å². The Morgan fingerprint density at radius 1 is 1.00 bits per heavy atom. The lowest BCUT2D eigenvalue weighted by Gasteiger charge is -2.29. The highest BCUT2D eigenvalue weighted by Crippen LogP contribution is 2.33. The molecule has 15 heavy (non-hydrogen) atoms. The summed E-state index contributed by atoms with van der Waals surface area (Å²) in [6, 6.07) is 2.25. The molecule has 82 valence electrons. The molecule has 1 heterocycles. The molecular weight excluding hydrogens is 197 g/mol. The van der Waals surface area contributed by atoms with E-state index in [0.717, 1.165) is 32.0 Å². The third kappa shape index (κ3) is 1.98. The quantitative estimate of drug-likeness (QED) is 0.700. The number of rotatable bonds is 1. The van der Waals surface area contributed by atoms with Crippen LogP contribution in [-0.4, -0.2) is 23.3 Å². The highest BCUT2D eigenvalue weighted by molar-refractivity contribution is 5.56. The Morgan fingerprint density at radius 2 is 1.60 bits per heavy atom. The predicted molar refractivity (Wildman–Crippen MR) is 55.8 cm³/mol. The van der Waals surface area contributed by atoms with Gasteiger partial charge in [-0.15, -0.1) is 0 Å². The van der Waals surface area contributed by atoms with Gasteiger partial charge in [0.05, 0.1) is 5.69 Å². The number of aromatic hydroxyl groups is 2. The first-order valence-electron chi connectivity index (χ1n) is 5.15. The summed E-state index contributed by atoms with van der Waals surface area (Å²) in [6.45, 7) is 1.61. The Kier molecular flexibility index (Phi) is 2.66. The molecule has 0 aliphatic carbocycles. The minimum absolute atomic E-state index is 0.267. The zero-order valence-corrected chi connectivity index (χ0v) is 8.41. The van der Waals surface area contributed by atoms with Crippen molar-refractivity contribution in [3.63, 3.8) is 0 Å². The molecule has 0 atom stereocenters. The number of phenolic OH excluding ortho intramolecular Hbond substituents is 2. The van der Waals surface area contributed by atoms with Crippen molar-refractivity contribution >= 4 is 5.69 Å². The van der Waals surface area contributed by atoms with Crippen molar-refractivity contribution in [2.75, 3.05) is 18.0 Å². The Labute approximate surface area is 87.8 Å². The standard InChI is InChI=1S/C11H14FNO2/c12-8-6-10(14)11(15)7-9(8)13-4-2-1-3-5-13/h6-7,14-15H,1-5H2. The van der Waals surface area contributed by atoms with E-state index >= 15 is 0 Å². The minimum Gasteiger partial charge on any atom is -0.504 e. The summed E-state index contributed by atoms with van der Waals surface area (Å²) >= 11 is 0. The maximum atomic E-state index is 13.5. The van der Waals surface area contributed by atoms with Crippen LogP contribution in [0.5, 0.6) is 11.5 Å². The molecule has 1 aliphatic rings. The molecule has 3 nitrogen and oxygen atoms in total. The lowest BCUT2D eigenvalue weighted by molar-refractivity contribution is 0.399. The number of phenols is 2. The first-order chi connectivity index (χ1) is 7.18. The van der Waals surface area contributed by atoms with E-state index in [0.29, 0.717) is 5.69 Å². The van der Waals surface area contributed by atoms with Crippen molar-refractivity contribution in [1.29, 1.82) is 0 Å². The molecule has 2 N–H and O–H groups in total. The molecule has 4 heteroatoms. The molecule has 0 aromatic heterocycles. The maximum absolute atomic E-state index is 13.5. The number of hydrogen-bond donors (Lipinski definition) is 2. The van der Waals surface area contributed by atoms with Crippen LogP contribution in [-0.2, 0) is 0 Å². The molecule has 1 saturated heterocycles. The molecule has 2 rings (SSSR count). The van der Waals surface area contributed by atoms with E-state index in [9.17, 15) is 9.50 Å². The van der Waals surface area contributed by atoms with Gasteiger partial charge in [-0.3, -0.25) is 0 Å². The van der Waals surface area contributed by atoms with Gasteiger partial charge in [-0.2, -0.15) is 0 Å². The smallest absolute Gasteiger partial charge is 0.160 e. The zero-order chi connectivity index (χ0) is 10.8. The number of nitrogens with zero attached hydrogens (tertiary/aromatic N) is 1. The van der Waals surface area contributed by atoms with Crippen molar-refractivity contribution < 1.29 is 14.6 Å². The van der Waals surface area contributed by atoms with Gasteiger partial charge in [-0.1, -0.05) is 0 Å². The zero-order valence-electron chi connectivity index (χ0n) is 8.41. The third-order valence-corrected chi connectivity index (χ3v) is 2.74. The van der Waals surface area contributed by atoms with Crippen molar-refractivity contribution in [3.05, 3.63) is 17.9 Å². The van der Waals surface area contributed by atoms with Gasteiger partial charge in [0, 0.05) is 25.2 Å². The van der Waals surface area contributed by atoms with E-state index in [1.807, 2.05) is 4.90 Å². The summed E-state index contributed by atoms with van der Waals surface area (Å²) in [6.07, 6.45) is 3.25. The van der Waals surface area contributed by atoms with Gasteiger partial charge in [-0.05, 0) is 19.3 Å². The first-order valence-corrected chi connectivity index (χ1v) is 5.15. The summed E-state index contributed by atoms with van der Waals surface area (Å²) in [5.74, 6) is -1.16. The average Bonchev–Trinajstić information content (AvgIpc) is 2.25. The molecule has 1 aliphatic heterocycles. The first kappa shape index (κ1) is 10.1. The summed E-state index contributed by atoms with van der Waals surface area (Å²) in [5.41, 5.74) is 0.380. The van der Waals surface area contributed by atoms with Crippen molar-refractivity contribution in [3.8, 4) is 11.5 Å². The van der Waals surface area contributed by atoms with Gasteiger partial charge in [0.1, 0.15) is 5.82 Å². The Balaban J connectivity index is 2.30. The van der Waals surface area contributed by atoms with Crippen LogP contribution in [0, 0.1) is 5.82 Å². The van der Waals surface area contributed by atoms with E-state index in [2.05, 4.69) is 0 Å². The van der Waals surface area contributed by atoms with Crippen LogP contribution in [0.3, 0.4) is 0 Å². The topological polar surface area (TPSA) is 43.7 Å². The fourth-order valence-corrected chi connectivity index (χ4v) is 1.92. The fourth-order valence-electron chi connectivity index (χ4n) is 1.92. The lowest BCUT2D eigenvalue weighted by Crippen LogP contribution is -2.30. The number of halogens is 1. The van der Waals surface area contributed by atoms with Crippen LogP contribution in [0.15, 0.2) is 12.1 Å². The number of piperidine rings is 1. The summed E-state index contributed by atoms with van der Waals surface area (Å²) in [5, 5.41) is 18.4. The van der Waals surface area contributed by atoms with E-state index in [1.54, 1.807) is 0 Å². The third-order valence-electron chi connectivity index (χ3n) is 2.74. The van der Waals surface area contributed by atoms with Gasteiger partial charge in [0.2, 0.25) is 0 Å². The van der Waals surface area contributed by atoms with E-state index in [1.165, 1.54) is 12.5 Å². The summed E-state index contributed by atoms with van der Waals surface area (Å²) in [4.78, 5) is 1.90. The Bertz CT molecular complexity index is 362. The molecule has 0 unspecified atom stereocenters. The van der Waals surface area contributed by atoms with Crippen LogP contribution in [0.25, 0.3) is 0 Å². The maximum Gasteiger partial charge on any atom is 0.160 e. The Morgan fingerprint density at radius 3 is 2.27 bits per heavy atom. The van der Waals surface area contributed by atoms with Gasteiger partial charge in [0.25, 0.3) is 0 Å². The van der Waals surface area contributed by atoms with Crippen LogP contribution >= 0.6 is 0 Å². The van der Waals surface area contributed by atoms with Gasteiger partial charge >= 0.3 is 0 Å². The van der Waals surface area contributed by atoms with Crippen LogP contribution in [0.1, 0.15) is 19.3 Å². The second kappa shape index (κ2) is 3.96. The second-order valence-electron chi connectivity index (χ2n) is 3.84. The van der Waals surface area contributed by atoms with Crippen LogP contribution in [0.4, 0.5) is 10.1 Å². The van der Waals surface area contributed by atoms with Crippen LogP contribution < -0.4 is 4.90 Å². The van der Waals surface area contributed by atoms with E-state index in [4.69, 9.17) is 5.11 Å². The highest BCUT2D eigenvalue weighted by atomic mass is 19.1.